The first kappa shape index (κ1) is 8.02. The highest BCUT2D eigenvalue weighted by Gasteiger charge is 2.33. The molecule has 1 heterocycles. The maximum atomic E-state index is 8.81. The molecule has 0 bridgehead atoms. The summed E-state index contributed by atoms with van der Waals surface area (Å²) in [6.07, 6.45) is 2.06. The molecule has 1 aliphatic heterocycles. The van der Waals surface area contributed by atoms with Crippen molar-refractivity contribution in [3.05, 3.63) is 0 Å². The quantitative estimate of drug-likeness (QED) is 0.630. The van der Waals surface area contributed by atoms with E-state index in [0.29, 0.717) is 5.92 Å². The van der Waals surface area contributed by atoms with Gasteiger partial charge in [0.1, 0.15) is 0 Å². The number of rotatable bonds is 2. The van der Waals surface area contributed by atoms with Gasteiger partial charge in [-0.15, -0.1) is 0 Å². The maximum Gasteiger partial charge on any atom is 0.0656 e. The first-order valence-corrected chi connectivity index (χ1v) is 3.95. The second-order valence-corrected chi connectivity index (χ2v) is 3.37. The zero-order valence-corrected chi connectivity index (χ0v) is 6.76. The molecule has 1 aliphatic rings. The fraction of sp³-hybridized carbons (Fsp3) is 1.00. The molecule has 0 amide bonds. The van der Waals surface area contributed by atoms with Crippen LogP contribution in [0.5, 0.6) is 0 Å². The van der Waals surface area contributed by atoms with Crippen LogP contribution in [0.15, 0.2) is 0 Å². The van der Waals surface area contributed by atoms with E-state index >= 15 is 0 Å². The second-order valence-electron chi connectivity index (χ2n) is 3.37. The van der Waals surface area contributed by atoms with E-state index in [0.717, 1.165) is 19.4 Å². The first-order chi connectivity index (χ1) is 4.70. The predicted octanol–water partition coefficient (Wildman–Crippen LogP) is 1.18. The van der Waals surface area contributed by atoms with Crippen LogP contribution in [0.3, 0.4) is 0 Å². The lowest BCUT2D eigenvalue weighted by Gasteiger charge is -2.20. The zero-order chi connectivity index (χ0) is 7.61. The molecule has 1 N–H and O–H groups in total. The van der Waals surface area contributed by atoms with E-state index < -0.39 is 0 Å². The molecule has 0 aromatic rings. The number of aliphatic hydroxyl groups is 1. The van der Waals surface area contributed by atoms with Gasteiger partial charge in [-0.05, 0) is 19.8 Å². The highest BCUT2D eigenvalue weighted by molar-refractivity contribution is 4.83. The van der Waals surface area contributed by atoms with Crippen molar-refractivity contribution in [3.63, 3.8) is 0 Å². The van der Waals surface area contributed by atoms with Gasteiger partial charge in [-0.1, -0.05) is 6.92 Å². The first-order valence-electron chi connectivity index (χ1n) is 3.95. The Bertz CT molecular complexity index is 114. The zero-order valence-electron chi connectivity index (χ0n) is 6.76. The highest BCUT2D eigenvalue weighted by atomic mass is 16.5. The van der Waals surface area contributed by atoms with E-state index in [-0.39, 0.29) is 12.2 Å². The van der Waals surface area contributed by atoms with E-state index in [1.54, 1.807) is 0 Å². The molecule has 0 aliphatic carbocycles. The third-order valence-electron chi connectivity index (χ3n) is 2.39. The lowest BCUT2D eigenvalue weighted by molar-refractivity contribution is 0.0153. The molecule has 60 valence electrons. The Kier molecular flexibility index (Phi) is 2.32. The lowest BCUT2D eigenvalue weighted by atomic mass is 9.94. The third-order valence-corrected chi connectivity index (χ3v) is 2.39. The van der Waals surface area contributed by atoms with Gasteiger partial charge in [0, 0.05) is 12.5 Å². The summed E-state index contributed by atoms with van der Waals surface area (Å²) in [5.74, 6) is 0.380. The molecule has 1 unspecified atom stereocenters. The van der Waals surface area contributed by atoms with Crippen LogP contribution >= 0.6 is 0 Å². The van der Waals surface area contributed by atoms with Crippen LogP contribution in [0.2, 0.25) is 0 Å². The second kappa shape index (κ2) is 2.89. The van der Waals surface area contributed by atoms with Crippen molar-refractivity contribution in [2.24, 2.45) is 5.92 Å². The SMILES string of the molecule is CCC1(C)C[C@H](CO)CO1. The average Bonchev–Trinajstić information content (AvgIpc) is 2.33. The van der Waals surface area contributed by atoms with E-state index in [1.165, 1.54) is 0 Å². The van der Waals surface area contributed by atoms with Gasteiger partial charge in [0.25, 0.3) is 0 Å². The fourth-order valence-electron chi connectivity index (χ4n) is 1.41. The van der Waals surface area contributed by atoms with E-state index in [9.17, 15) is 0 Å². The summed E-state index contributed by atoms with van der Waals surface area (Å²) in [4.78, 5) is 0. The molecule has 0 aromatic carbocycles. The Labute approximate surface area is 62.2 Å². The van der Waals surface area contributed by atoms with Crippen LogP contribution in [0.4, 0.5) is 0 Å². The minimum atomic E-state index is 0.0490. The summed E-state index contributed by atoms with van der Waals surface area (Å²) in [5, 5.41) is 8.81. The Morgan fingerprint density at radius 3 is 2.70 bits per heavy atom. The van der Waals surface area contributed by atoms with Gasteiger partial charge >= 0.3 is 0 Å². The largest absolute Gasteiger partial charge is 0.396 e. The van der Waals surface area contributed by atoms with Crippen molar-refractivity contribution in [1.82, 2.24) is 0 Å². The molecule has 0 radical (unpaired) electrons. The van der Waals surface area contributed by atoms with Gasteiger partial charge in [-0.2, -0.15) is 0 Å². The van der Waals surface area contributed by atoms with Crippen molar-refractivity contribution in [2.75, 3.05) is 13.2 Å². The molecule has 2 nitrogen and oxygen atoms in total. The van der Waals surface area contributed by atoms with Crippen molar-refractivity contribution in [2.45, 2.75) is 32.3 Å². The van der Waals surface area contributed by atoms with E-state index in [2.05, 4.69) is 13.8 Å². The Balaban J connectivity index is 2.41. The smallest absolute Gasteiger partial charge is 0.0656 e. The molecule has 1 saturated heterocycles. The summed E-state index contributed by atoms with van der Waals surface area (Å²) in [6, 6.07) is 0. The molecule has 2 heteroatoms. The summed E-state index contributed by atoms with van der Waals surface area (Å²) in [6.45, 7) is 5.25. The van der Waals surface area contributed by atoms with Gasteiger partial charge in [0.05, 0.1) is 12.2 Å². The van der Waals surface area contributed by atoms with Crippen LogP contribution in [-0.4, -0.2) is 23.9 Å². The van der Waals surface area contributed by atoms with E-state index in [1.807, 2.05) is 0 Å². The summed E-state index contributed by atoms with van der Waals surface area (Å²) < 4.78 is 5.53. The lowest BCUT2D eigenvalue weighted by Crippen LogP contribution is -2.21. The van der Waals surface area contributed by atoms with Crippen LogP contribution in [-0.2, 0) is 4.74 Å². The van der Waals surface area contributed by atoms with Crippen LogP contribution in [0.1, 0.15) is 26.7 Å². The van der Waals surface area contributed by atoms with Gasteiger partial charge in [-0.25, -0.2) is 0 Å². The van der Waals surface area contributed by atoms with Gasteiger partial charge in [-0.3, -0.25) is 0 Å². The van der Waals surface area contributed by atoms with Crippen molar-refractivity contribution in [3.8, 4) is 0 Å². The van der Waals surface area contributed by atoms with Gasteiger partial charge in [0.15, 0.2) is 0 Å². The van der Waals surface area contributed by atoms with Crippen molar-refractivity contribution < 1.29 is 9.84 Å². The number of hydrogen-bond donors (Lipinski definition) is 1. The normalized spacial score (nSPS) is 40.5. The molecule has 10 heavy (non-hydrogen) atoms. The van der Waals surface area contributed by atoms with Crippen molar-refractivity contribution >= 4 is 0 Å². The monoisotopic (exact) mass is 144 g/mol. The van der Waals surface area contributed by atoms with Gasteiger partial charge in [0.2, 0.25) is 0 Å². The minimum absolute atomic E-state index is 0.0490. The predicted molar refractivity (Wildman–Crippen MR) is 39.8 cm³/mol. The molecule has 2 atom stereocenters. The summed E-state index contributed by atoms with van der Waals surface area (Å²) in [7, 11) is 0. The molecule has 0 spiro atoms. The molecular weight excluding hydrogens is 128 g/mol. The van der Waals surface area contributed by atoms with E-state index in [4.69, 9.17) is 9.84 Å². The standard InChI is InChI=1S/C8H16O2/c1-3-8(2)4-7(5-9)6-10-8/h7,9H,3-6H2,1-2H3/t7-,8?/m1/s1. The molecular formula is C8H16O2. The molecule has 0 saturated carbocycles. The van der Waals surface area contributed by atoms with Crippen LogP contribution in [0, 0.1) is 5.92 Å². The fourth-order valence-corrected chi connectivity index (χ4v) is 1.41. The van der Waals surface area contributed by atoms with Gasteiger partial charge < -0.3 is 9.84 Å². The number of aliphatic hydroxyl groups excluding tert-OH is 1. The summed E-state index contributed by atoms with van der Waals surface area (Å²) in [5.41, 5.74) is 0.0490. The van der Waals surface area contributed by atoms with Crippen LogP contribution < -0.4 is 0 Å². The Hall–Kier alpha value is -0.0800. The molecule has 0 aromatic heterocycles. The Morgan fingerprint density at radius 2 is 2.40 bits per heavy atom. The molecule has 1 fully saturated rings. The van der Waals surface area contributed by atoms with Crippen LogP contribution in [0.25, 0.3) is 0 Å². The maximum absolute atomic E-state index is 8.81. The number of hydrogen-bond acceptors (Lipinski definition) is 2. The average molecular weight is 144 g/mol. The third kappa shape index (κ3) is 1.50. The Morgan fingerprint density at radius 1 is 1.70 bits per heavy atom. The minimum Gasteiger partial charge on any atom is -0.396 e. The number of ether oxygens (including phenoxy) is 1. The highest BCUT2D eigenvalue weighted by Crippen LogP contribution is 2.31. The molecule has 1 rings (SSSR count). The topological polar surface area (TPSA) is 29.5 Å². The van der Waals surface area contributed by atoms with Crippen molar-refractivity contribution in [1.29, 1.82) is 0 Å². The summed E-state index contributed by atoms with van der Waals surface area (Å²) >= 11 is 0.